The molecule has 1 heterocycles. The minimum atomic E-state index is -0.120. The van der Waals surface area contributed by atoms with Crippen LogP contribution < -0.4 is 4.74 Å². The molecule has 0 bridgehead atoms. The molecule has 1 N–H and O–H groups in total. The third kappa shape index (κ3) is 3.72. The molecule has 1 aliphatic heterocycles. The Morgan fingerprint density at radius 1 is 1.39 bits per heavy atom. The number of likely N-dealkylation sites (tertiary alicyclic amines) is 1. The molecule has 0 unspecified atom stereocenters. The van der Waals surface area contributed by atoms with Gasteiger partial charge in [0, 0.05) is 19.6 Å². The lowest BCUT2D eigenvalue weighted by molar-refractivity contribution is 0.173. The number of aliphatic hydroxyl groups is 1. The summed E-state index contributed by atoms with van der Waals surface area (Å²) in [4.78, 5) is 2.30. The molecule has 0 aliphatic carbocycles. The van der Waals surface area contributed by atoms with Crippen LogP contribution in [0.1, 0.15) is 24.0 Å². The van der Waals surface area contributed by atoms with Crippen molar-refractivity contribution in [2.75, 3.05) is 26.2 Å². The van der Waals surface area contributed by atoms with Gasteiger partial charge >= 0.3 is 0 Å². The van der Waals surface area contributed by atoms with Crippen molar-refractivity contribution in [2.45, 2.75) is 32.8 Å². The first-order valence-corrected chi connectivity index (χ1v) is 6.75. The summed E-state index contributed by atoms with van der Waals surface area (Å²) in [6, 6.07) is 6.30. The van der Waals surface area contributed by atoms with Gasteiger partial charge in [0.05, 0.1) is 12.7 Å². The standard InChI is InChI=1S/C15H23NO2/c1-12-4-5-13(2)15(10-12)18-9-3-7-16-8-6-14(17)11-16/h4-5,10,14,17H,3,6-9,11H2,1-2H3/t14-/m0/s1. The van der Waals surface area contributed by atoms with Crippen molar-refractivity contribution in [1.29, 1.82) is 0 Å². The van der Waals surface area contributed by atoms with E-state index in [1.165, 1.54) is 11.1 Å². The molecule has 0 amide bonds. The summed E-state index contributed by atoms with van der Waals surface area (Å²) in [5, 5.41) is 9.43. The predicted molar refractivity (Wildman–Crippen MR) is 73.1 cm³/mol. The van der Waals surface area contributed by atoms with Gasteiger partial charge in [-0.1, -0.05) is 12.1 Å². The van der Waals surface area contributed by atoms with Gasteiger partial charge in [0.2, 0.25) is 0 Å². The number of nitrogens with zero attached hydrogens (tertiary/aromatic N) is 1. The molecule has 1 aliphatic rings. The van der Waals surface area contributed by atoms with Crippen molar-refractivity contribution in [3.05, 3.63) is 29.3 Å². The molecule has 1 aromatic carbocycles. The summed E-state index contributed by atoms with van der Waals surface area (Å²) in [6.45, 7) is 7.76. The van der Waals surface area contributed by atoms with Gasteiger partial charge in [0.25, 0.3) is 0 Å². The SMILES string of the molecule is Cc1ccc(C)c(OCCCN2CC[C@H](O)C2)c1. The van der Waals surface area contributed by atoms with Crippen LogP contribution in [0.4, 0.5) is 0 Å². The fourth-order valence-corrected chi connectivity index (χ4v) is 2.35. The lowest BCUT2D eigenvalue weighted by Crippen LogP contribution is -2.24. The first-order valence-electron chi connectivity index (χ1n) is 6.75. The van der Waals surface area contributed by atoms with Crippen molar-refractivity contribution in [3.8, 4) is 5.75 Å². The Labute approximate surface area is 109 Å². The zero-order chi connectivity index (χ0) is 13.0. The summed E-state index contributed by atoms with van der Waals surface area (Å²) in [6.07, 6.45) is 1.81. The van der Waals surface area contributed by atoms with Crippen LogP contribution in [0.3, 0.4) is 0 Å². The molecule has 1 fully saturated rings. The molecular formula is C15H23NO2. The average Bonchev–Trinajstić information content (AvgIpc) is 2.75. The Balaban J connectivity index is 1.70. The van der Waals surface area contributed by atoms with Gasteiger partial charge in [-0.05, 0) is 43.9 Å². The highest BCUT2D eigenvalue weighted by molar-refractivity contribution is 5.35. The summed E-state index contributed by atoms with van der Waals surface area (Å²) in [7, 11) is 0. The van der Waals surface area contributed by atoms with E-state index in [1.54, 1.807) is 0 Å². The second-order valence-corrected chi connectivity index (χ2v) is 5.21. The van der Waals surface area contributed by atoms with Crippen molar-refractivity contribution in [3.63, 3.8) is 0 Å². The molecule has 0 spiro atoms. The summed E-state index contributed by atoms with van der Waals surface area (Å²) < 4.78 is 5.82. The zero-order valence-electron chi connectivity index (χ0n) is 11.4. The van der Waals surface area contributed by atoms with Crippen LogP contribution in [0.5, 0.6) is 5.75 Å². The fourth-order valence-electron chi connectivity index (χ4n) is 2.35. The lowest BCUT2D eigenvalue weighted by atomic mass is 10.1. The van der Waals surface area contributed by atoms with Gasteiger partial charge in [-0.3, -0.25) is 0 Å². The summed E-state index contributed by atoms with van der Waals surface area (Å²) in [5.74, 6) is 0.997. The molecule has 3 heteroatoms. The molecule has 100 valence electrons. The molecule has 0 aromatic heterocycles. The van der Waals surface area contributed by atoms with Gasteiger partial charge in [-0.25, -0.2) is 0 Å². The number of ether oxygens (including phenoxy) is 1. The highest BCUT2D eigenvalue weighted by Crippen LogP contribution is 2.19. The molecule has 1 atom stereocenters. The van der Waals surface area contributed by atoms with Gasteiger partial charge in [-0.2, -0.15) is 0 Å². The predicted octanol–water partition coefficient (Wildman–Crippen LogP) is 2.14. The van der Waals surface area contributed by atoms with Crippen molar-refractivity contribution < 1.29 is 9.84 Å². The Bertz CT molecular complexity index is 392. The minimum absolute atomic E-state index is 0.120. The smallest absolute Gasteiger partial charge is 0.122 e. The molecule has 1 aromatic rings. The third-order valence-electron chi connectivity index (χ3n) is 3.47. The number of aryl methyl sites for hydroxylation is 2. The highest BCUT2D eigenvalue weighted by Gasteiger charge is 2.19. The Morgan fingerprint density at radius 3 is 2.94 bits per heavy atom. The van der Waals surface area contributed by atoms with Crippen LogP contribution in [-0.2, 0) is 0 Å². The fraction of sp³-hybridized carbons (Fsp3) is 0.600. The number of aliphatic hydroxyl groups excluding tert-OH is 1. The molecule has 3 nitrogen and oxygen atoms in total. The Morgan fingerprint density at radius 2 is 2.22 bits per heavy atom. The monoisotopic (exact) mass is 249 g/mol. The van der Waals surface area contributed by atoms with E-state index < -0.39 is 0 Å². The van der Waals surface area contributed by atoms with Crippen LogP contribution in [0.25, 0.3) is 0 Å². The quantitative estimate of drug-likeness (QED) is 0.812. The minimum Gasteiger partial charge on any atom is -0.493 e. The van der Waals surface area contributed by atoms with Crippen LogP contribution >= 0.6 is 0 Å². The molecule has 2 rings (SSSR count). The summed E-state index contributed by atoms with van der Waals surface area (Å²) >= 11 is 0. The van der Waals surface area contributed by atoms with Crippen molar-refractivity contribution in [1.82, 2.24) is 4.90 Å². The molecule has 0 radical (unpaired) electrons. The topological polar surface area (TPSA) is 32.7 Å². The number of benzene rings is 1. The number of β-amino-alcohol motifs (C(OH)–C–C–N with tert-alkyl or cyclic N) is 1. The maximum atomic E-state index is 9.43. The van der Waals surface area contributed by atoms with Gasteiger partial charge in [0.15, 0.2) is 0 Å². The van der Waals surface area contributed by atoms with Crippen LogP contribution in [0, 0.1) is 13.8 Å². The first kappa shape index (κ1) is 13.4. The lowest BCUT2D eigenvalue weighted by Gasteiger charge is -2.15. The van der Waals surface area contributed by atoms with E-state index >= 15 is 0 Å². The highest BCUT2D eigenvalue weighted by atomic mass is 16.5. The van der Waals surface area contributed by atoms with E-state index in [0.29, 0.717) is 0 Å². The average molecular weight is 249 g/mol. The molecular weight excluding hydrogens is 226 g/mol. The normalized spacial score (nSPS) is 20.3. The number of hydrogen-bond acceptors (Lipinski definition) is 3. The maximum absolute atomic E-state index is 9.43. The van der Waals surface area contributed by atoms with Gasteiger partial charge < -0.3 is 14.7 Å². The van der Waals surface area contributed by atoms with E-state index in [9.17, 15) is 5.11 Å². The second kappa shape index (κ2) is 6.21. The Hall–Kier alpha value is -1.06. The van der Waals surface area contributed by atoms with E-state index in [1.807, 2.05) is 0 Å². The first-order chi connectivity index (χ1) is 8.65. The van der Waals surface area contributed by atoms with Gasteiger partial charge in [0.1, 0.15) is 5.75 Å². The molecule has 18 heavy (non-hydrogen) atoms. The van der Waals surface area contributed by atoms with Crippen molar-refractivity contribution in [2.24, 2.45) is 0 Å². The van der Waals surface area contributed by atoms with Crippen LogP contribution in [0.15, 0.2) is 18.2 Å². The molecule has 1 saturated heterocycles. The van der Waals surface area contributed by atoms with E-state index in [-0.39, 0.29) is 6.10 Å². The van der Waals surface area contributed by atoms with Gasteiger partial charge in [-0.15, -0.1) is 0 Å². The third-order valence-corrected chi connectivity index (χ3v) is 3.47. The van der Waals surface area contributed by atoms with Crippen LogP contribution in [-0.4, -0.2) is 42.4 Å². The van der Waals surface area contributed by atoms with E-state index in [0.717, 1.165) is 44.8 Å². The van der Waals surface area contributed by atoms with E-state index in [2.05, 4.69) is 36.9 Å². The second-order valence-electron chi connectivity index (χ2n) is 5.21. The number of hydrogen-bond donors (Lipinski definition) is 1. The molecule has 0 saturated carbocycles. The van der Waals surface area contributed by atoms with Crippen LogP contribution in [0.2, 0.25) is 0 Å². The summed E-state index contributed by atoms with van der Waals surface area (Å²) in [5.41, 5.74) is 2.43. The van der Waals surface area contributed by atoms with Crippen molar-refractivity contribution >= 4 is 0 Å². The largest absolute Gasteiger partial charge is 0.493 e. The zero-order valence-corrected chi connectivity index (χ0v) is 11.4. The number of rotatable bonds is 5. The maximum Gasteiger partial charge on any atom is 0.122 e. The van der Waals surface area contributed by atoms with E-state index in [4.69, 9.17) is 4.74 Å². The Kier molecular flexibility index (Phi) is 4.61.